The van der Waals surface area contributed by atoms with Crippen LogP contribution in [0, 0.1) is 0 Å². The van der Waals surface area contributed by atoms with Crippen LogP contribution in [0.3, 0.4) is 0 Å². The second-order valence-corrected chi connectivity index (χ2v) is 7.40. The summed E-state index contributed by atoms with van der Waals surface area (Å²) in [7, 11) is -2.16. The number of rotatable bonds is 5. The van der Waals surface area contributed by atoms with E-state index in [1.165, 1.54) is 31.5 Å². The van der Waals surface area contributed by atoms with E-state index in [9.17, 15) is 13.5 Å². The van der Waals surface area contributed by atoms with Crippen LogP contribution in [0.2, 0.25) is 0 Å². The summed E-state index contributed by atoms with van der Waals surface area (Å²) >= 11 is 0. The van der Waals surface area contributed by atoms with Crippen LogP contribution in [0.1, 0.15) is 18.4 Å². The van der Waals surface area contributed by atoms with Crippen LogP contribution in [0.5, 0.6) is 11.5 Å². The Morgan fingerprint density at radius 1 is 1.27 bits per heavy atom. The predicted octanol–water partition coefficient (Wildman–Crippen LogP) is 2.62. The largest absolute Gasteiger partial charge is 0.507 e. The Bertz CT molecular complexity index is 968. The maximum Gasteiger partial charge on any atom is 0.262 e. The van der Waals surface area contributed by atoms with Gasteiger partial charge in [0.1, 0.15) is 17.3 Å². The van der Waals surface area contributed by atoms with Crippen molar-refractivity contribution >= 4 is 27.8 Å². The van der Waals surface area contributed by atoms with E-state index < -0.39 is 10.0 Å². The quantitative estimate of drug-likeness (QED) is 0.787. The topological polar surface area (TPSA) is 100 Å². The first-order valence-electron chi connectivity index (χ1n) is 8.05. The number of nitrogens with zero attached hydrogens (tertiary/aromatic N) is 2. The number of hydrogen-bond acceptors (Lipinski definition) is 6. The molecule has 2 aromatic carbocycles. The Balaban J connectivity index is 1.83. The molecule has 0 aliphatic carbocycles. The smallest absolute Gasteiger partial charge is 0.262 e. The minimum absolute atomic E-state index is 0.0548. The van der Waals surface area contributed by atoms with E-state index in [0.29, 0.717) is 35.8 Å². The molecule has 7 nitrogen and oxygen atoms in total. The van der Waals surface area contributed by atoms with Crippen LogP contribution < -0.4 is 9.46 Å². The highest BCUT2D eigenvalue weighted by atomic mass is 32.2. The number of sulfonamides is 1. The third kappa shape index (κ3) is 4.20. The van der Waals surface area contributed by atoms with Crippen molar-refractivity contribution in [2.45, 2.75) is 17.7 Å². The predicted molar refractivity (Wildman–Crippen MR) is 100 cm³/mol. The second-order valence-electron chi connectivity index (χ2n) is 5.72. The lowest BCUT2D eigenvalue weighted by Crippen LogP contribution is -2.29. The Hall–Kier alpha value is -2.87. The highest BCUT2D eigenvalue weighted by molar-refractivity contribution is 7.90. The number of phenols is 1. The van der Waals surface area contributed by atoms with Crippen LogP contribution in [-0.4, -0.2) is 39.2 Å². The summed E-state index contributed by atoms with van der Waals surface area (Å²) in [6.45, 7) is 0.645. The molecule has 2 aromatic rings. The van der Waals surface area contributed by atoms with Gasteiger partial charge in [0.15, 0.2) is 0 Å². The number of aliphatic imine (C=N–C) groups is 2. The summed E-state index contributed by atoms with van der Waals surface area (Å²) in [6.07, 6.45) is 2.94. The SMILES string of the molecule is COc1ccc(O)c(C=Nc2cccc(S(=O)(=O)NC3=NCCC3)c2)c1. The fraction of sp³-hybridized carbons (Fsp3) is 0.222. The Morgan fingerprint density at radius 3 is 2.85 bits per heavy atom. The van der Waals surface area contributed by atoms with Gasteiger partial charge in [0.2, 0.25) is 0 Å². The molecule has 26 heavy (non-hydrogen) atoms. The molecule has 0 fully saturated rings. The van der Waals surface area contributed by atoms with Crippen molar-refractivity contribution in [2.24, 2.45) is 9.98 Å². The zero-order chi connectivity index (χ0) is 18.6. The molecule has 0 aromatic heterocycles. The third-order valence-corrected chi connectivity index (χ3v) is 5.22. The summed E-state index contributed by atoms with van der Waals surface area (Å²) in [5, 5.41) is 9.89. The van der Waals surface area contributed by atoms with Crippen molar-refractivity contribution in [2.75, 3.05) is 13.7 Å². The number of phenolic OH excluding ortho intramolecular Hbond substituents is 1. The lowest BCUT2D eigenvalue weighted by atomic mass is 10.2. The fourth-order valence-electron chi connectivity index (χ4n) is 2.47. The second kappa shape index (κ2) is 7.57. The van der Waals surface area contributed by atoms with E-state index in [0.717, 1.165) is 6.42 Å². The van der Waals surface area contributed by atoms with Crippen molar-refractivity contribution < 1.29 is 18.3 Å². The van der Waals surface area contributed by atoms with E-state index in [1.807, 2.05) is 0 Å². The van der Waals surface area contributed by atoms with Crippen molar-refractivity contribution in [3.05, 3.63) is 48.0 Å². The number of aromatic hydroxyl groups is 1. The first kappa shape index (κ1) is 17.9. The van der Waals surface area contributed by atoms with Gasteiger partial charge in [-0.05, 0) is 42.8 Å². The number of nitrogens with one attached hydrogen (secondary N) is 1. The molecule has 136 valence electrons. The molecule has 0 saturated heterocycles. The maximum absolute atomic E-state index is 12.5. The highest BCUT2D eigenvalue weighted by Gasteiger charge is 2.18. The molecule has 1 aliphatic heterocycles. The van der Waals surface area contributed by atoms with Crippen molar-refractivity contribution in [3.8, 4) is 11.5 Å². The summed E-state index contributed by atoms with van der Waals surface area (Å²) in [6, 6.07) is 11.0. The standard InChI is InChI=1S/C18H19N3O4S/c1-25-15-7-8-17(22)13(10-15)12-20-14-4-2-5-16(11-14)26(23,24)21-18-6-3-9-19-18/h2,4-5,7-8,10-12,22H,3,6,9H2,1H3,(H,19,21). The average molecular weight is 373 g/mol. The van der Waals surface area contributed by atoms with Gasteiger partial charge in [0, 0.05) is 24.7 Å². The molecule has 3 rings (SSSR count). The van der Waals surface area contributed by atoms with Crippen LogP contribution in [0.25, 0.3) is 0 Å². The van der Waals surface area contributed by atoms with Crippen LogP contribution in [0.4, 0.5) is 5.69 Å². The number of ether oxygens (including phenoxy) is 1. The van der Waals surface area contributed by atoms with E-state index >= 15 is 0 Å². The molecule has 0 atom stereocenters. The van der Waals surface area contributed by atoms with Gasteiger partial charge >= 0.3 is 0 Å². The normalized spacial score (nSPS) is 14.4. The molecule has 0 amide bonds. The molecule has 0 spiro atoms. The molecular weight excluding hydrogens is 354 g/mol. The number of methoxy groups -OCH3 is 1. The molecule has 8 heteroatoms. The summed E-state index contributed by atoms with van der Waals surface area (Å²) in [5.74, 6) is 1.13. The molecule has 0 saturated carbocycles. The zero-order valence-corrected chi connectivity index (χ0v) is 15.0. The average Bonchev–Trinajstić information content (AvgIpc) is 3.13. The maximum atomic E-state index is 12.5. The minimum Gasteiger partial charge on any atom is -0.507 e. The van der Waals surface area contributed by atoms with Gasteiger partial charge in [0.25, 0.3) is 10.0 Å². The van der Waals surface area contributed by atoms with E-state index in [-0.39, 0.29) is 10.6 Å². The number of amidine groups is 1. The summed E-state index contributed by atoms with van der Waals surface area (Å²) < 4.78 is 32.5. The summed E-state index contributed by atoms with van der Waals surface area (Å²) in [5.41, 5.74) is 0.916. The summed E-state index contributed by atoms with van der Waals surface area (Å²) in [4.78, 5) is 8.49. The molecule has 0 unspecified atom stereocenters. The van der Waals surface area contributed by atoms with Gasteiger partial charge in [0.05, 0.1) is 17.7 Å². The van der Waals surface area contributed by atoms with Crippen LogP contribution in [0.15, 0.2) is 57.3 Å². The lowest BCUT2D eigenvalue weighted by Gasteiger charge is -2.08. The zero-order valence-electron chi connectivity index (χ0n) is 14.2. The molecule has 2 N–H and O–H groups in total. The van der Waals surface area contributed by atoms with Gasteiger partial charge < -0.3 is 9.84 Å². The third-order valence-electron chi connectivity index (χ3n) is 3.84. The molecule has 1 aliphatic rings. The lowest BCUT2D eigenvalue weighted by molar-refractivity contribution is 0.412. The molecule has 0 radical (unpaired) electrons. The first-order valence-corrected chi connectivity index (χ1v) is 9.53. The van der Waals surface area contributed by atoms with Gasteiger partial charge in [-0.2, -0.15) is 0 Å². The Labute approximate surface area is 152 Å². The van der Waals surface area contributed by atoms with Crippen LogP contribution >= 0.6 is 0 Å². The van der Waals surface area contributed by atoms with Gasteiger partial charge in [-0.25, -0.2) is 8.42 Å². The Kier molecular flexibility index (Phi) is 5.22. The van der Waals surface area contributed by atoms with Gasteiger partial charge in [-0.1, -0.05) is 6.07 Å². The van der Waals surface area contributed by atoms with Crippen molar-refractivity contribution in [1.29, 1.82) is 0 Å². The molecular formula is C18H19N3O4S. The highest BCUT2D eigenvalue weighted by Crippen LogP contribution is 2.23. The van der Waals surface area contributed by atoms with Crippen LogP contribution in [-0.2, 0) is 10.0 Å². The Morgan fingerprint density at radius 2 is 2.12 bits per heavy atom. The monoisotopic (exact) mass is 373 g/mol. The van der Waals surface area contributed by atoms with Crippen molar-refractivity contribution in [3.63, 3.8) is 0 Å². The van der Waals surface area contributed by atoms with E-state index in [4.69, 9.17) is 4.74 Å². The van der Waals surface area contributed by atoms with E-state index in [2.05, 4.69) is 14.7 Å². The van der Waals surface area contributed by atoms with Gasteiger partial charge in [-0.15, -0.1) is 0 Å². The van der Waals surface area contributed by atoms with Crippen molar-refractivity contribution in [1.82, 2.24) is 4.72 Å². The van der Waals surface area contributed by atoms with Gasteiger partial charge in [-0.3, -0.25) is 14.7 Å². The first-order chi connectivity index (χ1) is 12.5. The van der Waals surface area contributed by atoms with E-state index in [1.54, 1.807) is 24.3 Å². The number of hydrogen-bond donors (Lipinski definition) is 2. The molecule has 0 bridgehead atoms. The minimum atomic E-state index is -3.69. The molecule has 1 heterocycles. The fourth-order valence-corrected chi connectivity index (χ4v) is 3.60. The number of benzene rings is 2.